The Kier molecular flexibility index (Phi) is 2.99. The van der Waals surface area contributed by atoms with E-state index < -0.39 is 5.97 Å². The standard InChI is InChI=1S/C21H21NO2/c23-21(24)15-8-9-17-16(11-15)18-13-6-7-14(10-13)19(18)20(22-17)12-4-2-1-3-5-12/h1-5,8-9,11,13-14,18-20,22H,6-7,10H2,(H,23,24)/t13-,14+,18-,19-,20+/m0/s1. The molecule has 0 unspecified atom stereocenters. The van der Waals surface area contributed by atoms with Crippen LogP contribution in [0.5, 0.6) is 0 Å². The van der Waals surface area contributed by atoms with Gasteiger partial charge >= 0.3 is 5.97 Å². The lowest BCUT2D eigenvalue weighted by Gasteiger charge is -2.43. The predicted molar refractivity (Wildman–Crippen MR) is 93.3 cm³/mol. The molecule has 5 rings (SSSR count). The summed E-state index contributed by atoms with van der Waals surface area (Å²) >= 11 is 0. The van der Waals surface area contributed by atoms with Crippen molar-refractivity contribution in [1.82, 2.24) is 0 Å². The van der Waals surface area contributed by atoms with Gasteiger partial charge in [0.25, 0.3) is 0 Å². The van der Waals surface area contributed by atoms with Crippen molar-refractivity contribution in [3.05, 3.63) is 65.2 Å². The van der Waals surface area contributed by atoms with Gasteiger partial charge in [-0.2, -0.15) is 0 Å². The Labute approximate surface area is 141 Å². The molecule has 2 aromatic carbocycles. The second-order valence-corrected chi connectivity index (χ2v) is 7.58. The largest absolute Gasteiger partial charge is 0.478 e. The molecule has 0 spiro atoms. The maximum absolute atomic E-state index is 11.4. The molecule has 2 saturated carbocycles. The number of fused-ring (bicyclic) bond motifs is 7. The number of aromatic carboxylic acids is 1. The van der Waals surface area contributed by atoms with Gasteiger partial charge in [-0.1, -0.05) is 30.3 Å². The second kappa shape index (κ2) is 5.10. The van der Waals surface area contributed by atoms with E-state index in [1.165, 1.54) is 30.4 Å². The summed E-state index contributed by atoms with van der Waals surface area (Å²) in [6.45, 7) is 0. The number of carbonyl (C=O) groups is 1. The fourth-order valence-corrected chi connectivity index (χ4v) is 5.61. The zero-order chi connectivity index (χ0) is 16.3. The minimum atomic E-state index is -0.831. The van der Waals surface area contributed by atoms with Crippen LogP contribution < -0.4 is 5.32 Å². The lowest BCUT2D eigenvalue weighted by Crippen LogP contribution is -2.35. The number of hydrogen-bond acceptors (Lipinski definition) is 2. The highest BCUT2D eigenvalue weighted by atomic mass is 16.4. The van der Waals surface area contributed by atoms with E-state index in [0.717, 1.165) is 17.5 Å². The van der Waals surface area contributed by atoms with Crippen molar-refractivity contribution in [1.29, 1.82) is 0 Å². The minimum absolute atomic E-state index is 0.342. The van der Waals surface area contributed by atoms with Crippen LogP contribution in [0.15, 0.2) is 48.5 Å². The first-order valence-corrected chi connectivity index (χ1v) is 8.91. The highest BCUT2D eigenvalue weighted by molar-refractivity contribution is 5.88. The fraction of sp³-hybridized carbons (Fsp3) is 0.381. The molecular weight excluding hydrogens is 298 g/mol. The molecular formula is C21H21NO2. The maximum atomic E-state index is 11.4. The van der Waals surface area contributed by atoms with Crippen LogP contribution in [0.3, 0.4) is 0 Å². The number of nitrogens with one attached hydrogen (secondary N) is 1. The summed E-state index contributed by atoms with van der Waals surface area (Å²) < 4.78 is 0. The zero-order valence-corrected chi connectivity index (χ0v) is 13.5. The third-order valence-electron chi connectivity index (χ3n) is 6.49. The average molecular weight is 319 g/mol. The Morgan fingerprint density at radius 3 is 2.62 bits per heavy atom. The van der Waals surface area contributed by atoms with E-state index in [4.69, 9.17) is 0 Å². The van der Waals surface area contributed by atoms with Crippen LogP contribution in [0, 0.1) is 17.8 Å². The molecule has 2 bridgehead atoms. The number of carboxylic acids is 1. The molecule has 0 amide bonds. The van der Waals surface area contributed by atoms with Gasteiger partial charge in [-0.3, -0.25) is 0 Å². The van der Waals surface area contributed by atoms with Gasteiger partial charge in [0.05, 0.1) is 11.6 Å². The van der Waals surface area contributed by atoms with Gasteiger partial charge in [-0.25, -0.2) is 4.79 Å². The van der Waals surface area contributed by atoms with Crippen LogP contribution in [0.25, 0.3) is 0 Å². The van der Waals surface area contributed by atoms with E-state index in [-0.39, 0.29) is 0 Å². The summed E-state index contributed by atoms with van der Waals surface area (Å²) in [4.78, 5) is 11.4. The van der Waals surface area contributed by atoms with Crippen LogP contribution in [-0.2, 0) is 0 Å². The maximum Gasteiger partial charge on any atom is 0.335 e. The number of benzene rings is 2. The molecule has 0 saturated heterocycles. The Morgan fingerprint density at radius 2 is 1.83 bits per heavy atom. The van der Waals surface area contributed by atoms with Crippen LogP contribution >= 0.6 is 0 Å². The predicted octanol–water partition coefficient (Wildman–Crippen LogP) is 4.68. The summed E-state index contributed by atoms with van der Waals surface area (Å²) in [5.74, 6) is 1.74. The molecule has 3 heteroatoms. The summed E-state index contributed by atoms with van der Waals surface area (Å²) in [5.41, 5.74) is 4.13. The molecule has 2 aromatic rings. The molecule has 2 N–H and O–H groups in total. The first-order valence-electron chi connectivity index (χ1n) is 8.91. The topological polar surface area (TPSA) is 49.3 Å². The Hall–Kier alpha value is -2.29. The smallest absolute Gasteiger partial charge is 0.335 e. The zero-order valence-electron chi connectivity index (χ0n) is 13.5. The number of hydrogen-bond donors (Lipinski definition) is 2. The molecule has 2 aliphatic carbocycles. The van der Waals surface area contributed by atoms with Crippen molar-refractivity contribution >= 4 is 11.7 Å². The molecule has 122 valence electrons. The van der Waals surface area contributed by atoms with Crippen LogP contribution in [0.4, 0.5) is 5.69 Å². The van der Waals surface area contributed by atoms with E-state index in [0.29, 0.717) is 23.4 Å². The van der Waals surface area contributed by atoms with Gasteiger partial charge in [0.1, 0.15) is 0 Å². The van der Waals surface area contributed by atoms with Gasteiger partial charge in [-0.05, 0) is 72.3 Å². The summed E-state index contributed by atoms with van der Waals surface area (Å²) in [5, 5.41) is 13.1. The van der Waals surface area contributed by atoms with Crippen LogP contribution in [0.1, 0.15) is 52.7 Å². The Morgan fingerprint density at radius 1 is 1.04 bits per heavy atom. The third kappa shape index (κ3) is 1.94. The molecule has 5 atom stereocenters. The molecule has 0 radical (unpaired) electrons. The molecule has 2 fully saturated rings. The normalized spacial score (nSPS) is 32.8. The molecule has 24 heavy (non-hydrogen) atoms. The van der Waals surface area contributed by atoms with Crippen molar-refractivity contribution in [2.45, 2.75) is 31.2 Å². The lowest BCUT2D eigenvalue weighted by atomic mass is 9.68. The highest BCUT2D eigenvalue weighted by Gasteiger charge is 2.53. The fourth-order valence-electron chi connectivity index (χ4n) is 5.61. The number of anilines is 1. The van der Waals surface area contributed by atoms with Gasteiger partial charge in [-0.15, -0.1) is 0 Å². The van der Waals surface area contributed by atoms with E-state index >= 15 is 0 Å². The van der Waals surface area contributed by atoms with E-state index in [1.807, 2.05) is 12.1 Å². The van der Waals surface area contributed by atoms with Crippen molar-refractivity contribution in [3.8, 4) is 0 Å². The Bertz CT molecular complexity index is 801. The second-order valence-electron chi connectivity index (χ2n) is 7.58. The summed E-state index contributed by atoms with van der Waals surface area (Å²) in [6, 6.07) is 16.7. The van der Waals surface area contributed by atoms with Crippen LogP contribution in [-0.4, -0.2) is 11.1 Å². The van der Waals surface area contributed by atoms with E-state index in [2.05, 4.69) is 35.6 Å². The molecule has 1 aliphatic heterocycles. The summed E-state index contributed by atoms with van der Waals surface area (Å²) in [7, 11) is 0. The number of rotatable bonds is 2. The first-order chi connectivity index (χ1) is 11.7. The van der Waals surface area contributed by atoms with Crippen molar-refractivity contribution in [2.24, 2.45) is 17.8 Å². The highest BCUT2D eigenvalue weighted by Crippen LogP contribution is 2.63. The SMILES string of the molecule is O=C(O)c1ccc2c(c1)[C@@H]1[C@H]3CC[C@H](C3)[C@@H]1[C@@H](c1ccccc1)N2. The molecule has 3 nitrogen and oxygen atoms in total. The lowest BCUT2D eigenvalue weighted by molar-refractivity contribution is 0.0696. The van der Waals surface area contributed by atoms with Crippen molar-refractivity contribution in [3.63, 3.8) is 0 Å². The quantitative estimate of drug-likeness (QED) is 0.845. The van der Waals surface area contributed by atoms with Gasteiger partial charge in [0.2, 0.25) is 0 Å². The van der Waals surface area contributed by atoms with E-state index in [9.17, 15) is 9.90 Å². The minimum Gasteiger partial charge on any atom is -0.478 e. The third-order valence-corrected chi connectivity index (χ3v) is 6.49. The summed E-state index contributed by atoms with van der Waals surface area (Å²) in [6.07, 6.45) is 3.92. The Balaban J connectivity index is 1.64. The van der Waals surface area contributed by atoms with E-state index in [1.54, 1.807) is 6.07 Å². The molecule has 0 aromatic heterocycles. The van der Waals surface area contributed by atoms with Crippen molar-refractivity contribution in [2.75, 3.05) is 5.32 Å². The molecule has 3 aliphatic rings. The van der Waals surface area contributed by atoms with Crippen molar-refractivity contribution < 1.29 is 9.90 Å². The van der Waals surface area contributed by atoms with Crippen LogP contribution in [0.2, 0.25) is 0 Å². The number of carboxylic acid groups (broad SMARTS) is 1. The van der Waals surface area contributed by atoms with Gasteiger partial charge in [0.15, 0.2) is 0 Å². The van der Waals surface area contributed by atoms with Gasteiger partial charge in [0, 0.05) is 5.69 Å². The average Bonchev–Trinajstić information content (AvgIpc) is 3.23. The monoisotopic (exact) mass is 319 g/mol. The van der Waals surface area contributed by atoms with Gasteiger partial charge < -0.3 is 10.4 Å². The molecule has 1 heterocycles. The first kappa shape index (κ1) is 14.1.